The van der Waals surface area contributed by atoms with Crippen LogP contribution in [0, 0.1) is 0 Å². The molecule has 2 heterocycles. The summed E-state index contributed by atoms with van der Waals surface area (Å²) in [6.07, 6.45) is 1.73. The first kappa shape index (κ1) is 21.7. The van der Waals surface area contributed by atoms with Crippen LogP contribution in [0.15, 0.2) is 41.3 Å². The number of rotatable bonds is 6. The van der Waals surface area contributed by atoms with Gasteiger partial charge < -0.3 is 25.0 Å². The summed E-state index contributed by atoms with van der Waals surface area (Å²) in [6.45, 7) is 0.234. The third kappa shape index (κ3) is 4.53. The highest BCUT2D eigenvalue weighted by molar-refractivity contribution is 8.19. The summed E-state index contributed by atoms with van der Waals surface area (Å²) in [5, 5.41) is 20.9. The molecule has 2 aliphatic heterocycles. The predicted octanol–water partition coefficient (Wildman–Crippen LogP) is 3.69. The van der Waals surface area contributed by atoms with Crippen LogP contribution in [0.25, 0.3) is 6.08 Å². The van der Waals surface area contributed by atoms with Crippen LogP contribution in [-0.4, -0.2) is 50.6 Å². The fourth-order valence-electron chi connectivity index (χ4n) is 3.07. The molecule has 0 aromatic heterocycles. The number of phenols is 1. The van der Waals surface area contributed by atoms with Gasteiger partial charge in [-0.1, -0.05) is 18.3 Å². The normalized spacial score (nSPS) is 16.0. The number of thiocarbonyl (C=S) groups is 1. The first-order valence-electron chi connectivity index (χ1n) is 9.33. The Bertz CT molecular complexity index is 1180. The number of aromatic hydroxyl groups is 1. The summed E-state index contributed by atoms with van der Waals surface area (Å²) >= 11 is 6.40. The van der Waals surface area contributed by atoms with Crippen molar-refractivity contribution in [1.29, 1.82) is 0 Å². The summed E-state index contributed by atoms with van der Waals surface area (Å²) in [7, 11) is 0. The number of nitrogens with zero attached hydrogens (tertiary/aromatic N) is 1. The molecule has 2 aromatic rings. The lowest BCUT2D eigenvalue weighted by molar-refractivity contribution is -0.116. The van der Waals surface area contributed by atoms with Crippen molar-refractivity contribution in [3.8, 4) is 17.2 Å². The van der Waals surface area contributed by atoms with Crippen molar-refractivity contribution in [3.05, 3.63) is 52.4 Å². The number of benzene rings is 2. The van der Waals surface area contributed by atoms with Gasteiger partial charge in [-0.15, -0.1) is 0 Å². The SMILES string of the molecule is O=C(CCN1C(=O)S/C(=C\c2ccc3c(c2)OCO3)C1=S)Nc1ccc(O)c(C(=O)O)c1. The largest absolute Gasteiger partial charge is 0.507 e. The van der Waals surface area contributed by atoms with Crippen LogP contribution < -0.4 is 14.8 Å². The number of fused-ring (bicyclic) bond motifs is 1. The molecule has 11 heteroatoms. The number of carboxylic acid groups (broad SMARTS) is 1. The zero-order valence-corrected chi connectivity index (χ0v) is 18.0. The molecule has 0 unspecified atom stereocenters. The smallest absolute Gasteiger partial charge is 0.339 e. The molecule has 164 valence electrons. The van der Waals surface area contributed by atoms with Crippen LogP contribution in [0.5, 0.6) is 17.2 Å². The average molecular weight is 473 g/mol. The summed E-state index contributed by atoms with van der Waals surface area (Å²) < 4.78 is 10.6. The van der Waals surface area contributed by atoms with Crippen LogP contribution in [0.4, 0.5) is 10.5 Å². The van der Waals surface area contributed by atoms with Crippen molar-refractivity contribution >= 4 is 57.8 Å². The van der Waals surface area contributed by atoms with Crippen molar-refractivity contribution < 1.29 is 34.1 Å². The second-order valence-corrected chi connectivity index (χ2v) is 8.16. The Labute approximate surface area is 191 Å². The van der Waals surface area contributed by atoms with Gasteiger partial charge in [0.05, 0.1) is 4.91 Å². The first-order valence-corrected chi connectivity index (χ1v) is 10.6. The van der Waals surface area contributed by atoms with E-state index in [1.165, 1.54) is 17.0 Å². The lowest BCUT2D eigenvalue weighted by Crippen LogP contribution is -2.30. The zero-order chi connectivity index (χ0) is 22.8. The third-order valence-corrected chi connectivity index (χ3v) is 6.14. The highest BCUT2D eigenvalue weighted by atomic mass is 32.2. The number of hydrogen-bond donors (Lipinski definition) is 3. The molecule has 0 saturated carbocycles. The Kier molecular flexibility index (Phi) is 6.01. The second kappa shape index (κ2) is 8.89. The molecule has 3 N–H and O–H groups in total. The predicted molar refractivity (Wildman–Crippen MR) is 121 cm³/mol. The molecular formula is C21H16N2O7S2. The van der Waals surface area contributed by atoms with E-state index < -0.39 is 17.6 Å². The fraction of sp³-hybridized carbons (Fsp3) is 0.143. The van der Waals surface area contributed by atoms with Gasteiger partial charge in [0, 0.05) is 18.7 Å². The van der Waals surface area contributed by atoms with Crippen molar-refractivity contribution in [2.24, 2.45) is 0 Å². The van der Waals surface area contributed by atoms with Crippen molar-refractivity contribution in [1.82, 2.24) is 4.90 Å². The van der Waals surface area contributed by atoms with Gasteiger partial charge in [0.25, 0.3) is 5.24 Å². The van der Waals surface area contributed by atoms with Crippen molar-refractivity contribution in [3.63, 3.8) is 0 Å². The minimum absolute atomic E-state index is 0.0486. The Hall–Kier alpha value is -3.57. The monoisotopic (exact) mass is 472 g/mol. The fourth-order valence-corrected chi connectivity index (χ4v) is 4.36. The van der Waals surface area contributed by atoms with E-state index in [1.54, 1.807) is 18.2 Å². The number of amides is 2. The van der Waals surface area contributed by atoms with Gasteiger partial charge in [0.15, 0.2) is 11.5 Å². The minimum atomic E-state index is -1.31. The highest BCUT2D eigenvalue weighted by Gasteiger charge is 2.32. The molecule has 0 spiro atoms. The molecule has 2 aliphatic rings. The molecule has 2 aromatic carbocycles. The van der Waals surface area contributed by atoms with E-state index in [4.69, 9.17) is 26.8 Å². The van der Waals surface area contributed by atoms with Gasteiger partial charge in [-0.3, -0.25) is 14.5 Å². The average Bonchev–Trinajstić information content (AvgIpc) is 3.32. The number of thioether (sulfide) groups is 1. The molecule has 0 radical (unpaired) electrons. The number of anilines is 1. The molecule has 0 atom stereocenters. The zero-order valence-electron chi connectivity index (χ0n) is 16.4. The summed E-state index contributed by atoms with van der Waals surface area (Å²) in [5.41, 5.74) is 0.694. The van der Waals surface area contributed by atoms with Gasteiger partial charge in [-0.2, -0.15) is 0 Å². The maximum atomic E-state index is 12.4. The number of aromatic carboxylic acids is 1. The molecule has 1 saturated heterocycles. The van der Waals surface area contributed by atoms with E-state index in [2.05, 4.69) is 5.32 Å². The van der Waals surface area contributed by atoms with Crippen LogP contribution in [0.3, 0.4) is 0 Å². The molecule has 1 fully saturated rings. The highest BCUT2D eigenvalue weighted by Crippen LogP contribution is 2.36. The number of carboxylic acids is 1. The lowest BCUT2D eigenvalue weighted by atomic mass is 10.1. The van der Waals surface area contributed by atoms with Crippen LogP contribution >= 0.6 is 24.0 Å². The van der Waals surface area contributed by atoms with E-state index in [0.717, 1.165) is 23.4 Å². The van der Waals surface area contributed by atoms with Crippen molar-refractivity contribution in [2.45, 2.75) is 6.42 Å². The Morgan fingerprint density at radius 1 is 1.19 bits per heavy atom. The van der Waals surface area contributed by atoms with Crippen molar-refractivity contribution in [2.75, 3.05) is 18.7 Å². The van der Waals surface area contributed by atoms with Gasteiger partial charge in [0.2, 0.25) is 12.7 Å². The Balaban J connectivity index is 1.38. The molecule has 2 amide bonds. The number of carbonyl (C=O) groups excluding carboxylic acids is 2. The van der Waals surface area contributed by atoms with Crippen LogP contribution in [-0.2, 0) is 4.79 Å². The standard InChI is InChI=1S/C21H16N2O7S2/c24-14-3-2-12(9-13(14)20(26)27)22-18(25)5-6-23-19(31)17(32-21(23)28)8-11-1-4-15-16(7-11)30-10-29-15/h1-4,7-9,24H,5-6,10H2,(H,22,25)(H,26,27)/b17-8-. The first-order chi connectivity index (χ1) is 15.3. The van der Waals surface area contributed by atoms with Crippen LogP contribution in [0.2, 0.25) is 0 Å². The molecule has 32 heavy (non-hydrogen) atoms. The molecule has 0 bridgehead atoms. The van der Waals surface area contributed by atoms with Gasteiger partial charge in [0.1, 0.15) is 16.3 Å². The van der Waals surface area contributed by atoms with Gasteiger partial charge in [-0.25, -0.2) is 4.79 Å². The second-order valence-electron chi connectivity index (χ2n) is 6.78. The van der Waals surface area contributed by atoms with E-state index >= 15 is 0 Å². The van der Waals surface area contributed by atoms with Gasteiger partial charge >= 0.3 is 5.97 Å². The molecule has 0 aliphatic carbocycles. The Morgan fingerprint density at radius 3 is 2.75 bits per heavy atom. The van der Waals surface area contributed by atoms with E-state index in [9.17, 15) is 19.5 Å². The Morgan fingerprint density at radius 2 is 1.97 bits per heavy atom. The van der Waals surface area contributed by atoms with E-state index in [-0.39, 0.29) is 36.2 Å². The van der Waals surface area contributed by atoms with Crippen LogP contribution in [0.1, 0.15) is 22.3 Å². The van der Waals surface area contributed by atoms with E-state index in [1.807, 2.05) is 6.07 Å². The minimum Gasteiger partial charge on any atom is -0.507 e. The number of hydrogen-bond acceptors (Lipinski definition) is 8. The molecular weight excluding hydrogens is 456 g/mol. The molecule has 4 rings (SSSR count). The summed E-state index contributed by atoms with van der Waals surface area (Å²) in [6, 6.07) is 9.12. The quantitative estimate of drug-likeness (QED) is 0.328. The maximum absolute atomic E-state index is 12.4. The number of nitrogens with one attached hydrogen (secondary N) is 1. The maximum Gasteiger partial charge on any atom is 0.339 e. The van der Waals surface area contributed by atoms with E-state index in [0.29, 0.717) is 21.4 Å². The third-order valence-electron chi connectivity index (χ3n) is 4.64. The number of ether oxygens (including phenoxy) is 2. The molecule has 9 nitrogen and oxygen atoms in total. The summed E-state index contributed by atoms with van der Waals surface area (Å²) in [5.74, 6) is -0.872. The lowest BCUT2D eigenvalue weighted by Gasteiger charge is -2.14. The van der Waals surface area contributed by atoms with Gasteiger partial charge in [-0.05, 0) is 53.7 Å². The number of carbonyl (C=O) groups is 3. The summed E-state index contributed by atoms with van der Waals surface area (Å²) in [4.78, 5) is 38.0. The topological polar surface area (TPSA) is 125 Å².